The van der Waals surface area contributed by atoms with Crippen LogP contribution in [0.2, 0.25) is 0 Å². The van der Waals surface area contributed by atoms with Gasteiger partial charge in [0.1, 0.15) is 11.5 Å². The number of nitrogens with one attached hydrogen (secondary N) is 2. The molecule has 164 valence electrons. The van der Waals surface area contributed by atoms with Gasteiger partial charge in [-0.2, -0.15) is 0 Å². The minimum atomic E-state index is -0.0538. The summed E-state index contributed by atoms with van der Waals surface area (Å²) in [7, 11) is 0. The van der Waals surface area contributed by atoms with E-state index < -0.39 is 0 Å². The summed E-state index contributed by atoms with van der Waals surface area (Å²) in [6.45, 7) is 2.03. The highest BCUT2D eigenvalue weighted by Gasteiger charge is 2.17. The minimum absolute atomic E-state index is 0.0538. The molecule has 2 amide bonds. The first kappa shape index (κ1) is 21.2. The van der Waals surface area contributed by atoms with Crippen molar-refractivity contribution < 1.29 is 9.53 Å². The third-order valence-corrected chi connectivity index (χ3v) is 5.09. The number of carbonyl (C=O) groups excluding carboxylic acids is 1. The first-order chi connectivity index (χ1) is 15.7. The van der Waals surface area contributed by atoms with Gasteiger partial charge in [-0.3, -0.25) is 0 Å². The van der Waals surface area contributed by atoms with Crippen LogP contribution in [-0.4, -0.2) is 30.0 Å². The number of amides is 2. The number of rotatable bonds is 6. The van der Waals surface area contributed by atoms with Crippen LogP contribution in [0.15, 0.2) is 83.9 Å². The molecule has 0 unspecified atom stereocenters. The summed E-state index contributed by atoms with van der Waals surface area (Å²) < 4.78 is 5.85. The molecule has 4 N–H and O–H groups in total. The van der Waals surface area contributed by atoms with E-state index in [0.29, 0.717) is 18.3 Å². The van der Waals surface area contributed by atoms with Crippen molar-refractivity contribution in [3.63, 3.8) is 0 Å². The van der Waals surface area contributed by atoms with Gasteiger partial charge in [-0.15, -0.1) is 0 Å². The average molecular weight is 430 g/mol. The summed E-state index contributed by atoms with van der Waals surface area (Å²) in [5.41, 5.74) is 8.57. The predicted octanol–water partition coefficient (Wildman–Crippen LogP) is 5.03. The maximum atomic E-state index is 12.3. The van der Waals surface area contributed by atoms with Crippen LogP contribution in [0.5, 0.6) is 11.5 Å². The van der Waals surface area contributed by atoms with Crippen molar-refractivity contribution in [1.82, 2.24) is 4.90 Å². The fourth-order valence-electron chi connectivity index (χ4n) is 3.50. The molecule has 1 aliphatic rings. The average Bonchev–Trinajstić information content (AvgIpc) is 3.34. The Hall–Kier alpha value is -4.00. The van der Waals surface area contributed by atoms with Gasteiger partial charge in [-0.05, 0) is 54.8 Å². The third kappa shape index (κ3) is 6.01. The summed E-state index contributed by atoms with van der Waals surface area (Å²) in [4.78, 5) is 18.5. The zero-order valence-corrected chi connectivity index (χ0v) is 17.8. The zero-order chi connectivity index (χ0) is 22.2. The van der Waals surface area contributed by atoms with Crippen LogP contribution < -0.4 is 21.1 Å². The molecule has 0 spiro atoms. The van der Waals surface area contributed by atoms with E-state index >= 15 is 0 Å². The molecule has 7 nitrogen and oxygen atoms in total. The highest BCUT2D eigenvalue weighted by molar-refractivity contribution is 5.92. The molecule has 0 saturated carbocycles. The van der Waals surface area contributed by atoms with Crippen molar-refractivity contribution in [1.29, 1.82) is 0 Å². The van der Waals surface area contributed by atoms with Gasteiger partial charge >= 0.3 is 6.03 Å². The lowest BCUT2D eigenvalue weighted by molar-refractivity contribution is 0.222. The first-order valence-electron chi connectivity index (χ1n) is 10.7. The number of urea groups is 1. The third-order valence-electron chi connectivity index (χ3n) is 5.09. The summed E-state index contributed by atoms with van der Waals surface area (Å²) in [5, 5.41) is 6.05. The monoisotopic (exact) mass is 429 g/mol. The first-order valence-corrected chi connectivity index (χ1v) is 10.7. The topological polar surface area (TPSA) is 92.0 Å². The second kappa shape index (κ2) is 10.3. The molecule has 0 aliphatic carbocycles. The fraction of sp³-hybridized carbons (Fsp3) is 0.200. The number of nitrogens with two attached hydrogens (primary N) is 1. The van der Waals surface area contributed by atoms with Crippen LogP contribution in [-0.2, 0) is 6.54 Å². The van der Waals surface area contributed by atoms with E-state index in [0.717, 1.165) is 48.6 Å². The van der Waals surface area contributed by atoms with Gasteiger partial charge < -0.3 is 26.0 Å². The highest BCUT2D eigenvalue weighted by atomic mass is 16.5. The number of anilines is 2. The second-order valence-electron chi connectivity index (χ2n) is 7.59. The SMILES string of the molecule is NC(=NCc1cccc(NC(=O)N2CCCC2)c1)Nc1cccc(Oc2ccccc2)c1. The van der Waals surface area contributed by atoms with Gasteiger partial charge in [0.25, 0.3) is 0 Å². The van der Waals surface area contributed by atoms with Crippen LogP contribution in [0.4, 0.5) is 16.2 Å². The highest BCUT2D eigenvalue weighted by Crippen LogP contribution is 2.23. The molecule has 0 aromatic heterocycles. The number of likely N-dealkylation sites (tertiary alicyclic amines) is 1. The van der Waals surface area contributed by atoms with E-state index in [1.165, 1.54) is 0 Å². The van der Waals surface area contributed by atoms with E-state index in [1.54, 1.807) is 0 Å². The van der Waals surface area contributed by atoms with E-state index in [4.69, 9.17) is 10.5 Å². The number of carbonyl (C=O) groups is 1. The number of para-hydroxylation sites is 1. The molecule has 7 heteroatoms. The molecule has 0 atom stereocenters. The van der Waals surface area contributed by atoms with Gasteiger partial charge in [0.15, 0.2) is 5.96 Å². The van der Waals surface area contributed by atoms with Crippen molar-refractivity contribution in [3.8, 4) is 11.5 Å². The Labute approximate surface area is 187 Å². The molecule has 32 heavy (non-hydrogen) atoms. The van der Waals surface area contributed by atoms with Crippen LogP contribution in [0, 0.1) is 0 Å². The van der Waals surface area contributed by atoms with E-state index in [2.05, 4.69) is 15.6 Å². The standard InChI is InChI=1S/C25H27N5O2/c26-24(28-21-10-7-13-23(17-21)32-22-11-2-1-3-12-22)27-18-19-8-6-9-20(16-19)29-25(31)30-14-4-5-15-30/h1-3,6-13,16-17H,4-5,14-15,18H2,(H,29,31)(H3,26,27,28). The smallest absolute Gasteiger partial charge is 0.321 e. The van der Waals surface area contributed by atoms with Gasteiger partial charge in [0.2, 0.25) is 0 Å². The fourth-order valence-corrected chi connectivity index (χ4v) is 3.50. The van der Waals surface area contributed by atoms with Crippen molar-refractivity contribution >= 4 is 23.4 Å². The van der Waals surface area contributed by atoms with E-state index in [-0.39, 0.29) is 6.03 Å². The number of benzene rings is 3. The molecule has 0 radical (unpaired) electrons. The molecule has 3 aromatic carbocycles. The Kier molecular flexibility index (Phi) is 6.87. The normalized spacial score (nSPS) is 13.6. The minimum Gasteiger partial charge on any atom is -0.457 e. The molecule has 1 fully saturated rings. The maximum absolute atomic E-state index is 12.3. The quantitative estimate of drug-likeness (QED) is 0.378. The molecule has 0 bridgehead atoms. The van der Waals surface area contributed by atoms with E-state index in [9.17, 15) is 4.79 Å². The number of hydrogen-bond acceptors (Lipinski definition) is 3. The lowest BCUT2D eigenvalue weighted by Crippen LogP contribution is -2.32. The lowest BCUT2D eigenvalue weighted by Gasteiger charge is -2.16. The summed E-state index contributed by atoms with van der Waals surface area (Å²) >= 11 is 0. The van der Waals surface area contributed by atoms with Crippen LogP contribution in [0.1, 0.15) is 18.4 Å². The van der Waals surface area contributed by atoms with Gasteiger partial charge in [0, 0.05) is 30.5 Å². The number of hydrogen-bond donors (Lipinski definition) is 3. The second-order valence-corrected chi connectivity index (χ2v) is 7.59. The Bertz CT molecular complexity index is 1080. The Balaban J connectivity index is 1.34. The molecular weight excluding hydrogens is 402 g/mol. The molecule has 3 aromatic rings. The molecule has 1 aliphatic heterocycles. The Morgan fingerprint density at radius 2 is 1.56 bits per heavy atom. The van der Waals surface area contributed by atoms with Gasteiger partial charge in [-0.1, -0.05) is 36.4 Å². The van der Waals surface area contributed by atoms with Gasteiger partial charge in [0.05, 0.1) is 6.54 Å². The van der Waals surface area contributed by atoms with Crippen LogP contribution in [0.3, 0.4) is 0 Å². The summed E-state index contributed by atoms with van der Waals surface area (Å²) in [5.74, 6) is 1.77. The number of aliphatic imine (C=N–C) groups is 1. The van der Waals surface area contributed by atoms with Crippen molar-refractivity contribution in [3.05, 3.63) is 84.4 Å². The molecule has 1 heterocycles. The van der Waals surface area contributed by atoms with Gasteiger partial charge in [-0.25, -0.2) is 9.79 Å². The molecule has 1 saturated heterocycles. The number of nitrogens with zero attached hydrogens (tertiary/aromatic N) is 2. The van der Waals surface area contributed by atoms with Crippen LogP contribution >= 0.6 is 0 Å². The Morgan fingerprint density at radius 1 is 0.875 bits per heavy atom. The Morgan fingerprint density at radius 3 is 2.34 bits per heavy atom. The van der Waals surface area contributed by atoms with Crippen molar-refractivity contribution in [2.24, 2.45) is 10.7 Å². The number of ether oxygens (including phenoxy) is 1. The summed E-state index contributed by atoms with van der Waals surface area (Å²) in [6, 6.07) is 24.7. The summed E-state index contributed by atoms with van der Waals surface area (Å²) in [6.07, 6.45) is 2.13. The molecule has 4 rings (SSSR count). The maximum Gasteiger partial charge on any atom is 0.321 e. The van der Waals surface area contributed by atoms with Crippen molar-refractivity contribution in [2.45, 2.75) is 19.4 Å². The van der Waals surface area contributed by atoms with Crippen LogP contribution in [0.25, 0.3) is 0 Å². The number of guanidine groups is 1. The van der Waals surface area contributed by atoms with Crippen molar-refractivity contribution in [2.75, 3.05) is 23.7 Å². The lowest BCUT2D eigenvalue weighted by atomic mass is 10.2. The predicted molar refractivity (Wildman–Crippen MR) is 128 cm³/mol. The zero-order valence-electron chi connectivity index (χ0n) is 17.8. The van der Waals surface area contributed by atoms with E-state index in [1.807, 2.05) is 83.8 Å². The molecular formula is C25H27N5O2. The largest absolute Gasteiger partial charge is 0.457 e.